The quantitative estimate of drug-likeness (QED) is 0.884. The van der Waals surface area contributed by atoms with Gasteiger partial charge in [0.15, 0.2) is 0 Å². The van der Waals surface area contributed by atoms with Gasteiger partial charge in [0, 0.05) is 31.5 Å². The smallest absolute Gasteiger partial charge is 0.407 e. The van der Waals surface area contributed by atoms with Crippen LogP contribution in [0.4, 0.5) is 16.4 Å². The molecule has 1 saturated carbocycles. The molecule has 1 aromatic heterocycles. The molecule has 3 fully saturated rings. The van der Waals surface area contributed by atoms with Crippen LogP contribution in [0.1, 0.15) is 24.8 Å². The number of nitrogens with one attached hydrogen (secondary N) is 1. The normalized spacial score (nSPS) is 25.7. The average Bonchev–Trinajstić information content (AvgIpc) is 3.16. The van der Waals surface area contributed by atoms with Crippen molar-refractivity contribution in [2.45, 2.75) is 32.2 Å². The van der Waals surface area contributed by atoms with Crippen molar-refractivity contribution in [3.63, 3.8) is 0 Å². The van der Waals surface area contributed by atoms with Crippen molar-refractivity contribution >= 4 is 23.6 Å². The zero-order valence-corrected chi connectivity index (χ0v) is 13.7. The minimum atomic E-state index is -0.848. The lowest BCUT2D eigenvalue weighted by Crippen LogP contribution is -2.37. The van der Waals surface area contributed by atoms with Gasteiger partial charge in [-0.25, -0.2) is 9.78 Å². The second-order valence-corrected chi connectivity index (χ2v) is 7.15. The van der Waals surface area contributed by atoms with E-state index in [1.807, 2.05) is 19.1 Å². The van der Waals surface area contributed by atoms with E-state index in [1.54, 1.807) is 0 Å². The molecule has 2 unspecified atom stereocenters. The first kappa shape index (κ1) is 15.2. The molecule has 2 atom stereocenters. The van der Waals surface area contributed by atoms with Crippen molar-refractivity contribution in [2.75, 3.05) is 29.9 Å². The maximum absolute atomic E-state index is 12.0. The van der Waals surface area contributed by atoms with Gasteiger partial charge in [-0.3, -0.25) is 4.79 Å². The minimum absolute atomic E-state index is 0.0521. The third kappa shape index (κ3) is 2.79. The molecule has 0 radical (unpaired) electrons. The molecule has 3 aliphatic rings. The first-order valence-corrected chi connectivity index (χ1v) is 8.55. The van der Waals surface area contributed by atoms with Crippen LogP contribution < -0.4 is 10.2 Å². The largest absolute Gasteiger partial charge is 0.465 e. The number of aromatic nitrogens is 1. The SMILES string of the molecule is Cc1cc(NC(=O)C2CC2)nc(N2CCC3CN(C(=O)O)CC32)c1. The van der Waals surface area contributed by atoms with Crippen LogP contribution in [0.5, 0.6) is 0 Å². The van der Waals surface area contributed by atoms with Crippen LogP contribution in [-0.2, 0) is 4.79 Å². The monoisotopic (exact) mass is 330 g/mol. The van der Waals surface area contributed by atoms with Crippen molar-refractivity contribution in [2.24, 2.45) is 11.8 Å². The maximum atomic E-state index is 12.0. The molecule has 0 aromatic carbocycles. The molecule has 7 nitrogen and oxygen atoms in total. The average molecular weight is 330 g/mol. The van der Waals surface area contributed by atoms with Gasteiger partial charge in [-0.1, -0.05) is 0 Å². The summed E-state index contributed by atoms with van der Waals surface area (Å²) in [5.74, 6) is 1.99. The van der Waals surface area contributed by atoms with Crippen molar-refractivity contribution in [1.29, 1.82) is 0 Å². The number of nitrogens with zero attached hydrogens (tertiary/aromatic N) is 3. The first-order chi connectivity index (χ1) is 11.5. The maximum Gasteiger partial charge on any atom is 0.407 e. The highest BCUT2D eigenvalue weighted by atomic mass is 16.4. The predicted octanol–water partition coefficient (Wildman–Crippen LogP) is 1.93. The zero-order valence-electron chi connectivity index (χ0n) is 13.7. The van der Waals surface area contributed by atoms with Crippen molar-refractivity contribution < 1.29 is 14.7 Å². The van der Waals surface area contributed by atoms with E-state index >= 15 is 0 Å². The fourth-order valence-corrected chi connectivity index (χ4v) is 3.84. The van der Waals surface area contributed by atoms with Gasteiger partial charge in [0.25, 0.3) is 0 Å². The van der Waals surface area contributed by atoms with Gasteiger partial charge in [-0.15, -0.1) is 0 Å². The Morgan fingerprint density at radius 2 is 2.04 bits per heavy atom. The van der Waals surface area contributed by atoms with Crippen molar-refractivity contribution in [3.8, 4) is 0 Å². The van der Waals surface area contributed by atoms with Gasteiger partial charge in [0.2, 0.25) is 5.91 Å². The van der Waals surface area contributed by atoms with Gasteiger partial charge >= 0.3 is 6.09 Å². The number of carbonyl (C=O) groups is 2. The molecule has 0 bridgehead atoms. The summed E-state index contributed by atoms with van der Waals surface area (Å²) >= 11 is 0. The number of amides is 2. The van der Waals surface area contributed by atoms with E-state index in [9.17, 15) is 14.7 Å². The molecule has 0 spiro atoms. The van der Waals surface area contributed by atoms with Gasteiger partial charge in [-0.05, 0) is 43.9 Å². The molecular weight excluding hydrogens is 308 g/mol. The number of anilines is 2. The molecule has 1 aromatic rings. The van der Waals surface area contributed by atoms with Gasteiger partial charge in [0.05, 0.1) is 6.04 Å². The lowest BCUT2D eigenvalue weighted by atomic mass is 10.1. The number of hydrogen-bond donors (Lipinski definition) is 2. The molecule has 1 aliphatic carbocycles. The number of pyridine rings is 1. The number of aryl methyl sites for hydroxylation is 1. The van der Waals surface area contributed by atoms with Crippen molar-refractivity contribution in [3.05, 3.63) is 17.7 Å². The van der Waals surface area contributed by atoms with Crippen LogP contribution >= 0.6 is 0 Å². The van der Waals surface area contributed by atoms with Crippen molar-refractivity contribution in [1.82, 2.24) is 9.88 Å². The van der Waals surface area contributed by atoms with E-state index in [0.717, 1.165) is 37.2 Å². The van der Waals surface area contributed by atoms with Crippen LogP contribution in [0.15, 0.2) is 12.1 Å². The molecule has 2 saturated heterocycles. The van der Waals surface area contributed by atoms with Crippen LogP contribution in [0.2, 0.25) is 0 Å². The Morgan fingerprint density at radius 1 is 1.25 bits per heavy atom. The predicted molar refractivity (Wildman–Crippen MR) is 89.2 cm³/mol. The Morgan fingerprint density at radius 3 is 2.75 bits per heavy atom. The number of likely N-dealkylation sites (tertiary alicyclic amines) is 1. The highest BCUT2D eigenvalue weighted by Gasteiger charge is 2.43. The highest BCUT2D eigenvalue weighted by molar-refractivity contribution is 5.93. The van der Waals surface area contributed by atoms with E-state index in [0.29, 0.717) is 24.8 Å². The second kappa shape index (κ2) is 5.65. The van der Waals surface area contributed by atoms with E-state index in [-0.39, 0.29) is 17.9 Å². The molecule has 128 valence electrons. The summed E-state index contributed by atoms with van der Waals surface area (Å²) < 4.78 is 0. The summed E-state index contributed by atoms with van der Waals surface area (Å²) in [6, 6.07) is 4.08. The molecule has 3 heterocycles. The lowest BCUT2D eigenvalue weighted by Gasteiger charge is -2.26. The number of hydrogen-bond acceptors (Lipinski definition) is 4. The Balaban J connectivity index is 1.54. The Bertz CT molecular complexity index is 688. The highest BCUT2D eigenvalue weighted by Crippen LogP contribution is 2.35. The number of carbonyl (C=O) groups excluding carboxylic acids is 1. The van der Waals surface area contributed by atoms with Crippen LogP contribution in [0.25, 0.3) is 0 Å². The fourth-order valence-electron chi connectivity index (χ4n) is 3.84. The minimum Gasteiger partial charge on any atom is -0.465 e. The molecule has 2 aliphatic heterocycles. The van der Waals surface area contributed by atoms with E-state index in [1.165, 1.54) is 4.90 Å². The topological polar surface area (TPSA) is 85.8 Å². The molecule has 7 heteroatoms. The first-order valence-electron chi connectivity index (χ1n) is 8.55. The number of carboxylic acid groups (broad SMARTS) is 1. The Kier molecular flexibility index (Phi) is 3.58. The summed E-state index contributed by atoms with van der Waals surface area (Å²) in [7, 11) is 0. The molecule has 24 heavy (non-hydrogen) atoms. The summed E-state index contributed by atoms with van der Waals surface area (Å²) in [5, 5.41) is 12.1. The summed E-state index contributed by atoms with van der Waals surface area (Å²) in [6.45, 7) is 4.01. The summed E-state index contributed by atoms with van der Waals surface area (Å²) in [6.07, 6.45) is 2.06. The van der Waals surface area contributed by atoms with Crippen LogP contribution in [-0.4, -0.2) is 52.7 Å². The van der Waals surface area contributed by atoms with Gasteiger partial charge in [-0.2, -0.15) is 0 Å². The van der Waals surface area contributed by atoms with E-state index < -0.39 is 6.09 Å². The van der Waals surface area contributed by atoms with E-state index in [4.69, 9.17) is 0 Å². The second-order valence-electron chi connectivity index (χ2n) is 7.15. The molecule has 2 N–H and O–H groups in total. The van der Waals surface area contributed by atoms with Gasteiger partial charge < -0.3 is 20.2 Å². The summed E-state index contributed by atoms with van der Waals surface area (Å²) in [4.78, 5) is 31.5. The molecular formula is C17H22N4O3. The number of fused-ring (bicyclic) bond motifs is 1. The van der Waals surface area contributed by atoms with Crippen LogP contribution in [0.3, 0.4) is 0 Å². The Hall–Kier alpha value is -2.31. The lowest BCUT2D eigenvalue weighted by molar-refractivity contribution is -0.117. The third-order valence-corrected chi connectivity index (χ3v) is 5.27. The molecule has 2 amide bonds. The third-order valence-electron chi connectivity index (χ3n) is 5.27. The Labute approximate surface area is 140 Å². The molecule has 4 rings (SSSR count). The zero-order chi connectivity index (χ0) is 16.8. The fraction of sp³-hybridized carbons (Fsp3) is 0.588. The standard InChI is InChI=1S/C17H22N4O3/c1-10-6-14(19-16(22)11-2-3-11)18-15(7-10)21-5-4-12-8-20(17(23)24)9-13(12)21/h6-7,11-13H,2-5,8-9H2,1H3,(H,23,24)(H,18,19,22). The van der Waals surface area contributed by atoms with E-state index in [2.05, 4.69) is 15.2 Å². The van der Waals surface area contributed by atoms with Crippen LogP contribution in [0, 0.1) is 18.8 Å². The summed E-state index contributed by atoms with van der Waals surface area (Å²) in [5.41, 5.74) is 1.04. The van der Waals surface area contributed by atoms with Gasteiger partial charge in [0.1, 0.15) is 11.6 Å². The number of rotatable bonds is 3.